The first-order valence-corrected chi connectivity index (χ1v) is 5.34. The van der Waals surface area contributed by atoms with Crippen LogP contribution < -0.4 is 11.1 Å². The average molecular weight is 220 g/mol. The van der Waals surface area contributed by atoms with Gasteiger partial charge < -0.3 is 16.2 Å². The summed E-state index contributed by atoms with van der Waals surface area (Å²) in [5.41, 5.74) is 10.2. The molecule has 0 radical (unpaired) electrons. The van der Waals surface area contributed by atoms with Crippen LogP contribution in [-0.4, -0.2) is 23.2 Å². The van der Waals surface area contributed by atoms with Gasteiger partial charge in [0.15, 0.2) is 0 Å². The lowest BCUT2D eigenvalue weighted by Crippen LogP contribution is -2.45. The number of benzene rings is 1. The van der Waals surface area contributed by atoms with Crippen molar-refractivity contribution in [3.05, 3.63) is 28.8 Å². The van der Waals surface area contributed by atoms with Gasteiger partial charge in [-0.05, 0) is 43.0 Å². The van der Waals surface area contributed by atoms with E-state index in [0.29, 0.717) is 6.42 Å². The Balaban J connectivity index is 2.27. The van der Waals surface area contributed by atoms with Gasteiger partial charge in [-0.2, -0.15) is 0 Å². The predicted molar refractivity (Wildman–Crippen MR) is 62.6 cm³/mol. The normalized spacial score (nSPS) is 20.1. The van der Waals surface area contributed by atoms with Crippen molar-refractivity contribution >= 4 is 11.7 Å². The van der Waals surface area contributed by atoms with Crippen molar-refractivity contribution in [3.8, 4) is 0 Å². The zero-order valence-corrected chi connectivity index (χ0v) is 9.45. The van der Waals surface area contributed by atoms with Gasteiger partial charge in [0.1, 0.15) is 6.04 Å². The van der Waals surface area contributed by atoms with Crippen LogP contribution in [0, 0.1) is 13.8 Å². The molecule has 16 heavy (non-hydrogen) atoms. The molecular formula is C12H16N2O2. The molecule has 2 rings (SSSR count). The van der Waals surface area contributed by atoms with Crippen LogP contribution in [0.2, 0.25) is 0 Å². The Morgan fingerprint density at radius 1 is 1.56 bits per heavy atom. The lowest BCUT2D eigenvalue weighted by molar-refractivity contribution is -0.138. The number of carboxylic acids is 1. The lowest BCUT2D eigenvalue weighted by atomic mass is 9.99. The van der Waals surface area contributed by atoms with E-state index in [1.165, 1.54) is 16.7 Å². The minimum atomic E-state index is -0.959. The zero-order valence-electron chi connectivity index (χ0n) is 9.45. The number of carbonyl (C=O) groups is 1. The highest BCUT2D eigenvalue weighted by atomic mass is 16.4. The predicted octanol–water partition coefficient (Wildman–Crippen LogP) is 1.05. The van der Waals surface area contributed by atoms with Gasteiger partial charge in [0.2, 0.25) is 0 Å². The molecule has 0 amide bonds. The fourth-order valence-electron chi connectivity index (χ4n) is 2.26. The smallest absolute Gasteiger partial charge is 0.322 e. The molecule has 4 N–H and O–H groups in total. The Hall–Kier alpha value is -1.55. The fraction of sp³-hybridized carbons (Fsp3) is 0.417. The van der Waals surface area contributed by atoms with Crippen LogP contribution in [0.15, 0.2) is 12.1 Å². The van der Waals surface area contributed by atoms with E-state index in [2.05, 4.69) is 11.4 Å². The second kappa shape index (κ2) is 3.79. The van der Waals surface area contributed by atoms with Crippen LogP contribution in [0.4, 0.5) is 5.69 Å². The lowest BCUT2D eigenvalue weighted by Gasteiger charge is -2.15. The zero-order chi connectivity index (χ0) is 11.9. The molecule has 2 atom stereocenters. The summed E-state index contributed by atoms with van der Waals surface area (Å²) < 4.78 is 0. The monoisotopic (exact) mass is 220 g/mol. The van der Waals surface area contributed by atoms with Gasteiger partial charge >= 0.3 is 5.97 Å². The van der Waals surface area contributed by atoms with Gasteiger partial charge in [-0.15, -0.1) is 0 Å². The van der Waals surface area contributed by atoms with Crippen molar-refractivity contribution in [2.75, 3.05) is 5.32 Å². The first-order chi connectivity index (χ1) is 7.49. The van der Waals surface area contributed by atoms with Crippen molar-refractivity contribution in [2.24, 2.45) is 5.73 Å². The highest BCUT2D eigenvalue weighted by Crippen LogP contribution is 2.30. The molecule has 0 aliphatic carbocycles. The average Bonchev–Trinajstić information content (AvgIpc) is 2.60. The molecule has 0 bridgehead atoms. The Kier molecular flexibility index (Phi) is 2.59. The second-order valence-corrected chi connectivity index (χ2v) is 4.43. The van der Waals surface area contributed by atoms with Crippen molar-refractivity contribution < 1.29 is 9.90 Å². The van der Waals surface area contributed by atoms with E-state index in [1.807, 2.05) is 19.9 Å². The molecule has 0 fully saturated rings. The molecule has 0 spiro atoms. The molecule has 0 saturated heterocycles. The van der Waals surface area contributed by atoms with Crippen LogP contribution >= 0.6 is 0 Å². The minimum Gasteiger partial charge on any atom is -0.480 e. The van der Waals surface area contributed by atoms with Gasteiger partial charge in [0.05, 0.1) is 6.04 Å². The highest BCUT2D eigenvalue weighted by Gasteiger charge is 2.30. The van der Waals surface area contributed by atoms with Crippen molar-refractivity contribution in [1.82, 2.24) is 0 Å². The van der Waals surface area contributed by atoms with Gasteiger partial charge in [-0.25, -0.2) is 0 Å². The second-order valence-electron chi connectivity index (χ2n) is 4.43. The maximum absolute atomic E-state index is 10.8. The SMILES string of the molecule is Cc1cc(C)c2c(c1)NC(C(N)C(=O)O)C2. The third kappa shape index (κ3) is 1.76. The minimum absolute atomic E-state index is 0.201. The van der Waals surface area contributed by atoms with Crippen molar-refractivity contribution in [2.45, 2.75) is 32.4 Å². The summed E-state index contributed by atoms with van der Waals surface area (Å²) in [6, 6.07) is 3.09. The molecule has 1 aromatic carbocycles. The molecule has 0 aromatic heterocycles. The molecule has 0 saturated carbocycles. The molecule has 2 unspecified atom stereocenters. The largest absolute Gasteiger partial charge is 0.480 e. The Morgan fingerprint density at radius 2 is 2.25 bits per heavy atom. The van der Waals surface area contributed by atoms with Gasteiger partial charge in [-0.1, -0.05) is 6.07 Å². The van der Waals surface area contributed by atoms with E-state index in [-0.39, 0.29) is 6.04 Å². The van der Waals surface area contributed by atoms with Crippen molar-refractivity contribution in [3.63, 3.8) is 0 Å². The molecule has 1 aliphatic rings. The van der Waals surface area contributed by atoms with E-state index in [0.717, 1.165) is 5.69 Å². The summed E-state index contributed by atoms with van der Waals surface area (Å²) in [5, 5.41) is 12.1. The number of aliphatic carboxylic acids is 1. The van der Waals surface area contributed by atoms with E-state index in [4.69, 9.17) is 10.8 Å². The van der Waals surface area contributed by atoms with Gasteiger partial charge in [0, 0.05) is 5.69 Å². The van der Waals surface area contributed by atoms with Crippen LogP contribution in [-0.2, 0) is 11.2 Å². The molecule has 4 heteroatoms. The number of fused-ring (bicyclic) bond motifs is 1. The molecule has 1 heterocycles. The van der Waals surface area contributed by atoms with Gasteiger partial charge in [0.25, 0.3) is 0 Å². The standard InChI is InChI=1S/C12H16N2O2/c1-6-3-7(2)8-5-10(11(13)12(15)16)14-9(8)4-6/h3-4,10-11,14H,5,13H2,1-2H3,(H,15,16). The first-order valence-electron chi connectivity index (χ1n) is 5.34. The summed E-state index contributed by atoms with van der Waals surface area (Å²) in [4.78, 5) is 10.8. The molecule has 1 aromatic rings. The van der Waals surface area contributed by atoms with E-state index >= 15 is 0 Å². The fourth-order valence-corrected chi connectivity index (χ4v) is 2.26. The summed E-state index contributed by atoms with van der Waals surface area (Å²) in [6.45, 7) is 4.07. The number of rotatable bonds is 2. The summed E-state index contributed by atoms with van der Waals surface area (Å²) in [5.74, 6) is -0.959. The number of nitrogens with one attached hydrogen (secondary N) is 1. The number of aryl methyl sites for hydroxylation is 2. The molecule has 4 nitrogen and oxygen atoms in total. The van der Waals surface area contributed by atoms with Crippen LogP contribution in [0.1, 0.15) is 16.7 Å². The molecule has 1 aliphatic heterocycles. The summed E-state index contributed by atoms with van der Waals surface area (Å²) in [6.07, 6.45) is 0.689. The highest BCUT2D eigenvalue weighted by molar-refractivity contribution is 5.76. The Bertz CT molecular complexity index is 443. The first kappa shape index (κ1) is 11.0. The third-order valence-electron chi connectivity index (χ3n) is 3.10. The number of hydrogen-bond acceptors (Lipinski definition) is 3. The topological polar surface area (TPSA) is 75.3 Å². The maximum Gasteiger partial charge on any atom is 0.322 e. The third-order valence-corrected chi connectivity index (χ3v) is 3.10. The quantitative estimate of drug-likeness (QED) is 0.696. The van der Waals surface area contributed by atoms with Crippen LogP contribution in [0.5, 0.6) is 0 Å². The molecule has 86 valence electrons. The summed E-state index contributed by atoms with van der Waals surface area (Å²) in [7, 11) is 0. The van der Waals surface area contributed by atoms with E-state index in [9.17, 15) is 4.79 Å². The maximum atomic E-state index is 10.8. The van der Waals surface area contributed by atoms with Crippen molar-refractivity contribution in [1.29, 1.82) is 0 Å². The van der Waals surface area contributed by atoms with Crippen LogP contribution in [0.3, 0.4) is 0 Å². The Labute approximate surface area is 94.5 Å². The number of hydrogen-bond donors (Lipinski definition) is 3. The summed E-state index contributed by atoms with van der Waals surface area (Å²) >= 11 is 0. The van der Waals surface area contributed by atoms with Crippen LogP contribution in [0.25, 0.3) is 0 Å². The van der Waals surface area contributed by atoms with E-state index in [1.54, 1.807) is 0 Å². The number of carboxylic acid groups (broad SMARTS) is 1. The van der Waals surface area contributed by atoms with Gasteiger partial charge in [-0.3, -0.25) is 4.79 Å². The number of anilines is 1. The van der Waals surface area contributed by atoms with E-state index < -0.39 is 12.0 Å². The molecular weight excluding hydrogens is 204 g/mol. The Morgan fingerprint density at radius 3 is 2.88 bits per heavy atom. The number of nitrogens with two attached hydrogens (primary N) is 1.